The van der Waals surface area contributed by atoms with Crippen LogP contribution in [0.1, 0.15) is 24.3 Å². The molecule has 1 aromatic carbocycles. The zero-order valence-electron chi connectivity index (χ0n) is 13.6. The Labute approximate surface area is 135 Å². The Balaban J connectivity index is 1.67. The highest BCUT2D eigenvalue weighted by molar-refractivity contribution is 5.78. The highest BCUT2D eigenvalue weighted by atomic mass is 16.5. The first-order chi connectivity index (χ1) is 11.2. The van der Waals surface area contributed by atoms with Gasteiger partial charge in [0.2, 0.25) is 17.6 Å². The Bertz CT molecular complexity index is 683. The van der Waals surface area contributed by atoms with Gasteiger partial charge in [-0.05, 0) is 31.9 Å². The Morgan fingerprint density at radius 2 is 2.26 bits per heavy atom. The molecule has 2 heterocycles. The normalized spacial score (nSPS) is 18.8. The van der Waals surface area contributed by atoms with Crippen LogP contribution in [0.3, 0.4) is 0 Å². The molecule has 1 amide bonds. The second-order valence-electron chi connectivity index (χ2n) is 6.02. The lowest BCUT2D eigenvalue weighted by atomic mass is 9.97. The number of amides is 1. The topological polar surface area (TPSA) is 71.3 Å². The van der Waals surface area contributed by atoms with Gasteiger partial charge in [-0.3, -0.25) is 9.69 Å². The summed E-state index contributed by atoms with van der Waals surface area (Å²) in [5, 5.41) is 6.82. The van der Waals surface area contributed by atoms with Crippen molar-refractivity contribution in [3.63, 3.8) is 0 Å². The van der Waals surface area contributed by atoms with E-state index in [0.717, 1.165) is 37.1 Å². The number of aryl methyl sites for hydroxylation is 1. The average Bonchev–Trinajstić information content (AvgIpc) is 3.03. The molecule has 0 aliphatic carbocycles. The number of nitrogens with zero attached hydrogens (tertiary/aromatic N) is 3. The summed E-state index contributed by atoms with van der Waals surface area (Å²) >= 11 is 0. The van der Waals surface area contributed by atoms with Gasteiger partial charge in [-0.1, -0.05) is 29.4 Å². The van der Waals surface area contributed by atoms with Gasteiger partial charge in [0.1, 0.15) is 0 Å². The van der Waals surface area contributed by atoms with Crippen LogP contribution in [0.15, 0.2) is 28.8 Å². The van der Waals surface area contributed by atoms with Crippen LogP contribution >= 0.6 is 0 Å². The van der Waals surface area contributed by atoms with Crippen molar-refractivity contribution in [2.24, 2.45) is 5.92 Å². The van der Waals surface area contributed by atoms with Crippen LogP contribution in [0, 0.1) is 12.8 Å². The lowest BCUT2D eigenvalue weighted by Crippen LogP contribution is -2.41. The van der Waals surface area contributed by atoms with Crippen LogP contribution in [-0.2, 0) is 11.3 Å². The zero-order valence-corrected chi connectivity index (χ0v) is 13.6. The first kappa shape index (κ1) is 15.7. The van der Waals surface area contributed by atoms with E-state index in [1.807, 2.05) is 31.2 Å². The number of carbonyl (C=O) groups excluding carboxylic acids is 1. The molecule has 0 spiro atoms. The average molecular weight is 314 g/mol. The molecule has 6 heteroatoms. The molecule has 2 aromatic rings. The molecule has 1 aliphatic heterocycles. The SMILES string of the molecule is CNC(=O)C1CCCN(Cc2nc(-c3ccccc3C)no2)C1. The summed E-state index contributed by atoms with van der Waals surface area (Å²) in [5.41, 5.74) is 2.11. The molecule has 0 radical (unpaired) electrons. The van der Waals surface area contributed by atoms with E-state index in [2.05, 4.69) is 20.4 Å². The van der Waals surface area contributed by atoms with E-state index < -0.39 is 0 Å². The summed E-state index contributed by atoms with van der Waals surface area (Å²) in [6, 6.07) is 7.99. The van der Waals surface area contributed by atoms with Crippen molar-refractivity contribution >= 4 is 5.91 Å². The molecular formula is C17H22N4O2. The quantitative estimate of drug-likeness (QED) is 0.934. The number of piperidine rings is 1. The molecule has 3 rings (SSSR count). The van der Waals surface area contributed by atoms with Crippen LogP contribution in [-0.4, -0.2) is 41.1 Å². The van der Waals surface area contributed by atoms with Gasteiger partial charge in [-0.25, -0.2) is 0 Å². The van der Waals surface area contributed by atoms with E-state index in [1.165, 1.54) is 0 Å². The number of likely N-dealkylation sites (tertiary alicyclic amines) is 1. The molecule has 122 valence electrons. The fourth-order valence-electron chi connectivity index (χ4n) is 3.06. The Kier molecular flexibility index (Phi) is 4.71. The summed E-state index contributed by atoms with van der Waals surface area (Å²) < 4.78 is 5.40. The summed E-state index contributed by atoms with van der Waals surface area (Å²) in [6.45, 7) is 4.31. The summed E-state index contributed by atoms with van der Waals surface area (Å²) in [5.74, 6) is 1.38. The number of benzene rings is 1. The van der Waals surface area contributed by atoms with Crippen LogP contribution in [0.25, 0.3) is 11.4 Å². The Morgan fingerprint density at radius 3 is 3.04 bits per heavy atom. The minimum atomic E-state index is 0.0486. The van der Waals surface area contributed by atoms with Crippen molar-refractivity contribution in [3.05, 3.63) is 35.7 Å². The summed E-state index contributed by atoms with van der Waals surface area (Å²) in [7, 11) is 1.69. The smallest absolute Gasteiger partial charge is 0.241 e. The van der Waals surface area contributed by atoms with Crippen molar-refractivity contribution in [2.75, 3.05) is 20.1 Å². The van der Waals surface area contributed by atoms with Crippen molar-refractivity contribution in [2.45, 2.75) is 26.3 Å². The highest BCUT2D eigenvalue weighted by Crippen LogP contribution is 2.22. The fourth-order valence-corrected chi connectivity index (χ4v) is 3.06. The molecule has 1 saturated heterocycles. The molecule has 1 N–H and O–H groups in total. The molecule has 1 unspecified atom stereocenters. The van der Waals surface area contributed by atoms with E-state index in [9.17, 15) is 4.79 Å². The van der Waals surface area contributed by atoms with E-state index in [1.54, 1.807) is 7.05 Å². The maximum Gasteiger partial charge on any atom is 0.241 e. The molecule has 23 heavy (non-hydrogen) atoms. The first-order valence-corrected chi connectivity index (χ1v) is 8.00. The van der Waals surface area contributed by atoms with Crippen LogP contribution < -0.4 is 5.32 Å². The van der Waals surface area contributed by atoms with Crippen LogP contribution in [0.4, 0.5) is 0 Å². The monoisotopic (exact) mass is 314 g/mol. The molecule has 0 saturated carbocycles. The van der Waals surface area contributed by atoms with Gasteiger partial charge in [-0.2, -0.15) is 4.98 Å². The van der Waals surface area contributed by atoms with Gasteiger partial charge in [0.15, 0.2) is 0 Å². The highest BCUT2D eigenvalue weighted by Gasteiger charge is 2.26. The Morgan fingerprint density at radius 1 is 1.43 bits per heavy atom. The van der Waals surface area contributed by atoms with Crippen molar-refractivity contribution in [1.29, 1.82) is 0 Å². The first-order valence-electron chi connectivity index (χ1n) is 8.00. The van der Waals surface area contributed by atoms with E-state index in [-0.39, 0.29) is 11.8 Å². The number of rotatable bonds is 4. The van der Waals surface area contributed by atoms with Gasteiger partial charge in [-0.15, -0.1) is 0 Å². The van der Waals surface area contributed by atoms with Crippen molar-refractivity contribution in [3.8, 4) is 11.4 Å². The predicted octanol–water partition coefficient (Wildman–Crippen LogP) is 2.00. The maximum atomic E-state index is 11.8. The number of hydrogen-bond donors (Lipinski definition) is 1. The largest absolute Gasteiger partial charge is 0.359 e. The third-order valence-corrected chi connectivity index (χ3v) is 4.34. The van der Waals surface area contributed by atoms with Crippen LogP contribution in [0.2, 0.25) is 0 Å². The van der Waals surface area contributed by atoms with Gasteiger partial charge in [0, 0.05) is 19.2 Å². The van der Waals surface area contributed by atoms with Gasteiger partial charge >= 0.3 is 0 Å². The number of hydrogen-bond acceptors (Lipinski definition) is 5. The van der Waals surface area contributed by atoms with Gasteiger partial charge < -0.3 is 9.84 Å². The molecule has 1 aromatic heterocycles. The predicted molar refractivity (Wildman–Crippen MR) is 86.5 cm³/mol. The molecule has 1 fully saturated rings. The molecule has 1 atom stereocenters. The molecular weight excluding hydrogens is 292 g/mol. The standard InChI is InChI=1S/C17H22N4O2/c1-12-6-3-4-8-14(12)16-19-15(23-20-16)11-21-9-5-7-13(10-21)17(22)18-2/h3-4,6,8,13H,5,7,9-11H2,1-2H3,(H,18,22). The molecule has 6 nitrogen and oxygen atoms in total. The lowest BCUT2D eigenvalue weighted by Gasteiger charge is -2.30. The number of nitrogens with one attached hydrogen (secondary N) is 1. The maximum absolute atomic E-state index is 11.8. The van der Waals surface area contributed by atoms with E-state index in [4.69, 9.17) is 4.52 Å². The second kappa shape index (κ2) is 6.91. The Hall–Kier alpha value is -2.21. The minimum Gasteiger partial charge on any atom is -0.359 e. The van der Waals surface area contributed by atoms with Crippen molar-refractivity contribution < 1.29 is 9.32 Å². The van der Waals surface area contributed by atoms with Gasteiger partial charge in [0.05, 0.1) is 12.5 Å². The lowest BCUT2D eigenvalue weighted by molar-refractivity contribution is -0.126. The summed E-state index contributed by atoms with van der Waals surface area (Å²) in [6.07, 6.45) is 1.95. The van der Waals surface area contributed by atoms with Crippen molar-refractivity contribution in [1.82, 2.24) is 20.4 Å². The fraction of sp³-hybridized carbons (Fsp3) is 0.471. The van der Waals surface area contributed by atoms with E-state index in [0.29, 0.717) is 18.3 Å². The third kappa shape index (κ3) is 3.59. The molecule has 0 bridgehead atoms. The third-order valence-electron chi connectivity index (χ3n) is 4.34. The number of aromatic nitrogens is 2. The zero-order chi connectivity index (χ0) is 16.2. The molecule has 1 aliphatic rings. The van der Waals surface area contributed by atoms with E-state index >= 15 is 0 Å². The van der Waals surface area contributed by atoms with Crippen LogP contribution in [0.5, 0.6) is 0 Å². The second-order valence-corrected chi connectivity index (χ2v) is 6.02. The number of carbonyl (C=O) groups is 1. The van der Waals surface area contributed by atoms with Gasteiger partial charge in [0.25, 0.3) is 0 Å². The minimum absolute atomic E-state index is 0.0486. The summed E-state index contributed by atoms with van der Waals surface area (Å²) in [4.78, 5) is 18.5.